The van der Waals surface area contributed by atoms with Crippen LogP contribution in [0.3, 0.4) is 0 Å². The van der Waals surface area contributed by atoms with Gasteiger partial charge in [0.15, 0.2) is 0 Å². The second-order valence-electron chi connectivity index (χ2n) is 4.52. The number of ether oxygens (including phenoxy) is 5. The van der Waals surface area contributed by atoms with Gasteiger partial charge in [-0.25, -0.2) is 14.6 Å². The number of carbonyl (C=O) groups is 2. The molecule has 0 spiro atoms. The summed E-state index contributed by atoms with van der Waals surface area (Å²) in [5, 5.41) is 0. The molecule has 0 aliphatic carbocycles. The summed E-state index contributed by atoms with van der Waals surface area (Å²) in [6.07, 6.45) is 0. The standard InChI is InChI=1S/C15H19NO7/c17-14-12-2-1-3-13(16-12)15(18)23-11-9-21-7-5-19-4-6-20-8-10-22-14/h1-3H,4-11H2. The van der Waals surface area contributed by atoms with Crippen molar-refractivity contribution >= 4 is 11.9 Å². The molecule has 2 bridgehead atoms. The van der Waals surface area contributed by atoms with Crippen LogP contribution in [-0.4, -0.2) is 69.8 Å². The molecule has 23 heavy (non-hydrogen) atoms. The lowest BCUT2D eigenvalue weighted by molar-refractivity contribution is -0.00739. The van der Waals surface area contributed by atoms with E-state index in [1.165, 1.54) is 12.1 Å². The molecule has 0 aromatic carbocycles. The summed E-state index contributed by atoms with van der Waals surface area (Å²) in [5.74, 6) is -1.24. The molecule has 0 amide bonds. The van der Waals surface area contributed by atoms with Crippen LogP contribution in [0, 0.1) is 0 Å². The predicted octanol–water partition coefficient (Wildman–Crippen LogP) is 0.459. The van der Waals surface area contributed by atoms with Crippen molar-refractivity contribution in [2.24, 2.45) is 0 Å². The van der Waals surface area contributed by atoms with Gasteiger partial charge in [0.25, 0.3) is 0 Å². The topological polar surface area (TPSA) is 93.2 Å². The molecule has 0 fully saturated rings. The Morgan fingerprint density at radius 2 is 1.04 bits per heavy atom. The Labute approximate surface area is 133 Å². The molecule has 2 heterocycles. The fourth-order valence-electron chi connectivity index (χ4n) is 1.74. The van der Waals surface area contributed by atoms with Gasteiger partial charge in [-0.3, -0.25) is 0 Å². The molecule has 0 saturated carbocycles. The molecule has 2 rings (SSSR count). The van der Waals surface area contributed by atoms with E-state index < -0.39 is 11.9 Å². The van der Waals surface area contributed by atoms with E-state index in [2.05, 4.69) is 4.98 Å². The molecule has 8 nitrogen and oxygen atoms in total. The minimum absolute atomic E-state index is 0.0418. The fourth-order valence-corrected chi connectivity index (χ4v) is 1.74. The Bertz CT molecular complexity index is 479. The first-order valence-electron chi connectivity index (χ1n) is 7.32. The molecule has 126 valence electrons. The van der Waals surface area contributed by atoms with E-state index in [1.807, 2.05) is 0 Å². The van der Waals surface area contributed by atoms with Crippen LogP contribution in [0.4, 0.5) is 0 Å². The van der Waals surface area contributed by atoms with E-state index in [9.17, 15) is 9.59 Å². The van der Waals surface area contributed by atoms with E-state index >= 15 is 0 Å². The zero-order valence-corrected chi connectivity index (χ0v) is 12.7. The third kappa shape index (κ3) is 6.31. The van der Waals surface area contributed by atoms with Crippen LogP contribution in [0.5, 0.6) is 0 Å². The van der Waals surface area contributed by atoms with Crippen LogP contribution in [0.25, 0.3) is 0 Å². The molecular weight excluding hydrogens is 306 g/mol. The lowest BCUT2D eigenvalue weighted by Crippen LogP contribution is -2.18. The molecule has 0 radical (unpaired) electrons. The molecule has 1 aliphatic rings. The van der Waals surface area contributed by atoms with Crippen molar-refractivity contribution in [3.8, 4) is 0 Å². The number of fused-ring (bicyclic) bond motifs is 2. The predicted molar refractivity (Wildman–Crippen MR) is 77.3 cm³/mol. The van der Waals surface area contributed by atoms with Crippen molar-refractivity contribution in [2.75, 3.05) is 52.9 Å². The normalized spacial score (nSPS) is 19.1. The van der Waals surface area contributed by atoms with Gasteiger partial charge >= 0.3 is 11.9 Å². The second kappa shape index (κ2) is 9.88. The number of cyclic esters (lactones) is 2. The lowest BCUT2D eigenvalue weighted by atomic mass is 10.3. The maximum absolute atomic E-state index is 11.8. The summed E-state index contributed by atoms with van der Waals surface area (Å²) in [7, 11) is 0. The molecule has 0 saturated heterocycles. The first kappa shape index (κ1) is 17.3. The summed E-state index contributed by atoms with van der Waals surface area (Å²) in [5.41, 5.74) is 0.0836. The summed E-state index contributed by atoms with van der Waals surface area (Å²) in [6.45, 7) is 2.37. The molecule has 1 aliphatic heterocycles. The van der Waals surface area contributed by atoms with Gasteiger partial charge in [0.2, 0.25) is 0 Å². The number of esters is 2. The Morgan fingerprint density at radius 3 is 1.48 bits per heavy atom. The molecule has 0 unspecified atom stereocenters. The fraction of sp³-hybridized carbons (Fsp3) is 0.533. The lowest BCUT2D eigenvalue weighted by Gasteiger charge is -2.09. The van der Waals surface area contributed by atoms with Gasteiger partial charge in [-0.1, -0.05) is 6.07 Å². The highest BCUT2D eigenvalue weighted by Gasteiger charge is 2.14. The quantitative estimate of drug-likeness (QED) is 0.635. The SMILES string of the molecule is O=C1OCCOCCOCCOCCOC(=O)c2cccc1n2. The highest BCUT2D eigenvalue weighted by atomic mass is 16.6. The number of rotatable bonds is 0. The van der Waals surface area contributed by atoms with Gasteiger partial charge in [0, 0.05) is 0 Å². The van der Waals surface area contributed by atoms with Crippen molar-refractivity contribution in [2.45, 2.75) is 0 Å². The Hall–Kier alpha value is -2.03. The van der Waals surface area contributed by atoms with Crippen LogP contribution >= 0.6 is 0 Å². The third-order valence-electron chi connectivity index (χ3n) is 2.83. The maximum Gasteiger partial charge on any atom is 0.357 e. The second-order valence-corrected chi connectivity index (χ2v) is 4.52. The van der Waals surface area contributed by atoms with Gasteiger partial charge in [-0.2, -0.15) is 0 Å². The van der Waals surface area contributed by atoms with E-state index in [1.54, 1.807) is 6.07 Å². The van der Waals surface area contributed by atoms with Gasteiger partial charge < -0.3 is 23.7 Å². The molecule has 0 atom stereocenters. The van der Waals surface area contributed by atoms with Crippen LogP contribution in [0.2, 0.25) is 0 Å². The Kier molecular flexibility index (Phi) is 7.44. The van der Waals surface area contributed by atoms with Crippen molar-refractivity contribution < 1.29 is 33.3 Å². The summed E-state index contributed by atoms with van der Waals surface area (Å²) >= 11 is 0. The van der Waals surface area contributed by atoms with Crippen LogP contribution in [-0.2, 0) is 23.7 Å². The van der Waals surface area contributed by atoms with E-state index in [0.29, 0.717) is 26.4 Å². The van der Waals surface area contributed by atoms with Crippen molar-refractivity contribution in [1.29, 1.82) is 0 Å². The highest BCUT2D eigenvalue weighted by Crippen LogP contribution is 2.04. The minimum atomic E-state index is -0.621. The highest BCUT2D eigenvalue weighted by molar-refractivity contribution is 5.91. The molecule has 1 aromatic rings. The summed E-state index contributed by atoms with van der Waals surface area (Å²) < 4.78 is 25.8. The van der Waals surface area contributed by atoms with Crippen LogP contribution in [0.1, 0.15) is 21.0 Å². The van der Waals surface area contributed by atoms with Gasteiger partial charge in [-0.05, 0) is 12.1 Å². The maximum atomic E-state index is 11.8. The third-order valence-corrected chi connectivity index (χ3v) is 2.83. The minimum Gasteiger partial charge on any atom is -0.459 e. The number of hydrogen-bond acceptors (Lipinski definition) is 8. The zero-order valence-electron chi connectivity index (χ0n) is 12.7. The Balaban J connectivity index is 1.96. The van der Waals surface area contributed by atoms with E-state index in [4.69, 9.17) is 23.7 Å². The molecule has 0 N–H and O–H groups in total. The smallest absolute Gasteiger partial charge is 0.357 e. The molecule has 1 aromatic heterocycles. The Morgan fingerprint density at radius 1 is 0.652 bits per heavy atom. The average molecular weight is 325 g/mol. The summed E-state index contributed by atoms with van der Waals surface area (Å²) in [6, 6.07) is 4.48. The van der Waals surface area contributed by atoms with Crippen molar-refractivity contribution in [1.82, 2.24) is 4.98 Å². The molecular formula is C15H19NO7. The number of carbonyl (C=O) groups excluding carboxylic acids is 2. The van der Waals surface area contributed by atoms with Gasteiger partial charge in [0.05, 0.1) is 39.6 Å². The van der Waals surface area contributed by atoms with Crippen LogP contribution < -0.4 is 0 Å². The average Bonchev–Trinajstić information content (AvgIpc) is 2.58. The van der Waals surface area contributed by atoms with Crippen molar-refractivity contribution in [3.63, 3.8) is 0 Å². The van der Waals surface area contributed by atoms with E-state index in [0.717, 1.165) is 0 Å². The largest absolute Gasteiger partial charge is 0.459 e. The first-order chi connectivity index (χ1) is 11.3. The number of aromatic nitrogens is 1. The number of hydrogen-bond donors (Lipinski definition) is 0. The van der Waals surface area contributed by atoms with E-state index in [-0.39, 0.29) is 37.8 Å². The monoisotopic (exact) mass is 325 g/mol. The first-order valence-corrected chi connectivity index (χ1v) is 7.32. The zero-order chi connectivity index (χ0) is 16.3. The number of pyridine rings is 1. The van der Waals surface area contributed by atoms with Crippen molar-refractivity contribution in [3.05, 3.63) is 29.6 Å². The van der Waals surface area contributed by atoms with Gasteiger partial charge in [0.1, 0.15) is 24.6 Å². The van der Waals surface area contributed by atoms with Gasteiger partial charge in [-0.15, -0.1) is 0 Å². The summed E-state index contributed by atoms with van der Waals surface area (Å²) in [4.78, 5) is 27.6. The van der Waals surface area contributed by atoms with Crippen LogP contribution in [0.15, 0.2) is 18.2 Å². The number of nitrogens with zero attached hydrogens (tertiary/aromatic N) is 1. The molecule has 8 heteroatoms.